The molecule has 0 aliphatic carbocycles. The first-order valence-electron chi connectivity index (χ1n) is 3.74. The Hall–Kier alpha value is 0.180. The van der Waals surface area contributed by atoms with Crippen molar-refractivity contribution >= 4 is 19.2 Å². The summed E-state index contributed by atoms with van der Waals surface area (Å²) in [4.78, 5) is 9.00. The number of alkyl halides is 1. The number of hydrogen-bond donors (Lipinski definition) is 1. The lowest BCUT2D eigenvalue weighted by Gasteiger charge is -2.15. The Morgan fingerprint density at radius 2 is 2.42 bits per heavy atom. The van der Waals surface area contributed by atoms with Crippen molar-refractivity contribution in [3.8, 4) is 0 Å². The minimum absolute atomic E-state index is 0.371. The fourth-order valence-electron chi connectivity index (χ4n) is 0.738. The molecular formula is C7H14ClO3P. The predicted molar refractivity (Wildman–Crippen MR) is 50.5 cm³/mol. The molecule has 0 aliphatic heterocycles. The van der Waals surface area contributed by atoms with Gasteiger partial charge in [0, 0.05) is 0 Å². The van der Waals surface area contributed by atoms with E-state index in [-0.39, 0.29) is 11.7 Å². The summed E-state index contributed by atoms with van der Waals surface area (Å²) >= 11 is 5.22. The molecule has 0 saturated heterocycles. The third kappa shape index (κ3) is 4.94. The van der Waals surface area contributed by atoms with E-state index in [0.29, 0.717) is 6.42 Å². The van der Waals surface area contributed by atoms with Crippen LogP contribution < -0.4 is 0 Å². The molecule has 0 spiro atoms. The predicted octanol–water partition coefficient (Wildman–Crippen LogP) is 2.74. The molecule has 0 aromatic rings. The Morgan fingerprint density at radius 3 is 2.75 bits per heavy atom. The second kappa shape index (κ2) is 5.76. The van der Waals surface area contributed by atoms with E-state index in [4.69, 9.17) is 21.0 Å². The Morgan fingerprint density at radius 1 is 1.83 bits per heavy atom. The van der Waals surface area contributed by atoms with Gasteiger partial charge in [-0.25, -0.2) is 0 Å². The Kier molecular flexibility index (Phi) is 5.85. The average Bonchev–Trinajstić information content (AvgIpc) is 2.03. The van der Waals surface area contributed by atoms with E-state index in [1.165, 1.54) is 6.08 Å². The molecular weight excluding hydrogens is 199 g/mol. The first kappa shape index (κ1) is 12.2. The van der Waals surface area contributed by atoms with Crippen molar-refractivity contribution in [2.24, 2.45) is 0 Å². The summed E-state index contributed by atoms with van der Waals surface area (Å²) in [5.74, 6) is 0. The fraction of sp³-hybridized carbons (Fsp3) is 0.714. The fourth-order valence-corrected chi connectivity index (χ4v) is 1.58. The van der Waals surface area contributed by atoms with Gasteiger partial charge in [-0.05, 0) is 6.42 Å². The van der Waals surface area contributed by atoms with Gasteiger partial charge in [-0.1, -0.05) is 19.4 Å². The first-order chi connectivity index (χ1) is 5.55. The Balaban J connectivity index is 4.01. The zero-order valence-electron chi connectivity index (χ0n) is 7.07. The van der Waals surface area contributed by atoms with Crippen LogP contribution in [0.5, 0.6) is 0 Å². The highest BCUT2D eigenvalue weighted by atomic mass is 35.5. The number of hydrogen-bond acceptors (Lipinski definition) is 2. The highest BCUT2D eigenvalue weighted by molar-refractivity contribution is 7.54. The summed E-state index contributed by atoms with van der Waals surface area (Å²) < 4.78 is 15.8. The Labute approximate surface area is 77.9 Å². The molecule has 0 heterocycles. The van der Waals surface area contributed by atoms with Crippen molar-refractivity contribution in [2.75, 3.05) is 5.62 Å². The number of halogens is 1. The van der Waals surface area contributed by atoms with Gasteiger partial charge >= 0.3 is 7.60 Å². The topological polar surface area (TPSA) is 46.5 Å². The SMILES string of the molecule is C=CC(CCC)OP(=O)(O)CCl. The van der Waals surface area contributed by atoms with Crippen LogP contribution in [0, 0.1) is 0 Å². The molecule has 0 bridgehead atoms. The van der Waals surface area contributed by atoms with Crippen molar-refractivity contribution in [2.45, 2.75) is 25.9 Å². The second-order valence-corrected chi connectivity index (χ2v) is 4.87. The van der Waals surface area contributed by atoms with E-state index in [9.17, 15) is 4.57 Å². The van der Waals surface area contributed by atoms with Gasteiger partial charge in [0.05, 0.1) is 6.10 Å². The molecule has 0 aromatic carbocycles. The van der Waals surface area contributed by atoms with Crippen LogP contribution in [0.3, 0.4) is 0 Å². The van der Waals surface area contributed by atoms with Crippen LogP contribution in [0.15, 0.2) is 12.7 Å². The maximum Gasteiger partial charge on any atom is 0.343 e. The van der Waals surface area contributed by atoms with E-state index in [0.717, 1.165) is 6.42 Å². The average molecular weight is 213 g/mol. The minimum atomic E-state index is -3.58. The third-order valence-electron chi connectivity index (χ3n) is 1.29. The molecule has 0 rings (SSSR count). The molecule has 2 atom stereocenters. The van der Waals surface area contributed by atoms with Gasteiger partial charge < -0.3 is 9.42 Å². The van der Waals surface area contributed by atoms with E-state index in [1.54, 1.807) is 0 Å². The maximum absolute atomic E-state index is 11.0. The van der Waals surface area contributed by atoms with Crippen molar-refractivity contribution in [1.29, 1.82) is 0 Å². The van der Waals surface area contributed by atoms with Gasteiger partial charge in [-0.2, -0.15) is 0 Å². The van der Waals surface area contributed by atoms with E-state index >= 15 is 0 Å². The Bertz CT molecular complexity index is 183. The molecule has 0 aromatic heterocycles. The quantitative estimate of drug-likeness (QED) is 0.418. The first-order valence-corrected chi connectivity index (χ1v) is 6.04. The van der Waals surface area contributed by atoms with Crippen LogP contribution in [-0.4, -0.2) is 16.6 Å². The monoisotopic (exact) mass is 212 g/mol. The largest absolute Gasteiger partial charge is 0.343 e. The van der Waals surface area contributed by atoms with Crippen LogP contribution in [0.4, 0.5) is 0 Å². The normalized spacial score (nSPS) is 18.2. The summed E-state index contributed by atoms with van der Waals surface area (Å²) in [6, 6.07) is 0. The van der Waals surface area contributed by atoms with Gasteiger partial charge in [0.1, 0.15) is 5.62 Å². The molecule has 72 valence electrons. The summed E-state index contributed by atoms with van der Waals surface area (Å²) in [7, 11) is -3.58. The molecule has 0 fully saturated rings. The molecule has 0 aliphatic rings. The van der Waals surface area contributed by atoms with E-state index < -0.39 is 7.60 Å². The van der Waals surface area contributed by atoms with Crippen LogP contribution >= 0.6 is 19.2 Å². The molecule has 12 heavy (non-hydrogen) atoms. The highest BCUT2D eigenvalue weighted by Crippen LogP contribution is 2.44. The van der Waals surface area contributed by atoms with Gasteiger partial charge in [0.2, 0.25) is 0 Å². The zero-order valence-corrected chi connectivity index (χ0v) is 8.72. The third-order valence-corrected chi connectivity index (χ3v) is 3.10. The molecule has 0 saturated carbocycles. The summed E-state index contributed by atoms with van der Waals surface area (Å²) in [5.41, 5.74) is -0.374. The van der Waals surface area contributed by atoms with E-state index in [1.807, 2.05) is 6.92 Å². The summed E-state index contributed by atoms with van der Waals surface area (Å²) in [6.07, 6.45) is 2.70. The highest BCUT2D eigenvalue weighted by Gasteiger charge is 2.21. The maximum atomic E-state index is 11.0. The molecule has 2 unspecified atom stereocenters. The molecule has 5 heteroatoms. The lowest BCUT2D eigenvalue weighted by molar-refractivity contribution is 0.205. The lowest BCUT2D eigenvalue weighted by atomic mass is 10.2. The molecule has 3 nitrogen and oxygen atoms in total. The van der Waals surface area contributed by atoms with Crippen molar-refractivity contribution in [3.63, 3.8) is 0 Å². The van der Waals surface area contributed by atoms with Crippen LogP contribution in [0.1, 0.15) is 19.8 Å². The molecule has 1 N–H and O–H groups in total. The molecule has 0 radical (unpaired) electrons. The zero-order chi connectivity index (χ0) is 9.61. The van der Waals surface area contributed by atoms with Gasteiger partial charge in [-0.15, -0.1) is 18.2 Å². The smallest absolute Gasteiger partial charge is 0.323 e. The van der Waals surface area contributed by atoms with Crippen molar-refractivity contribution < 1.29 is 14.0 Å². The van der Waals surface area contributed by atoms with Crippen LogP contribution in [-0.2, 0) is 9.09 Å². The van der Waals surface area contributed by atoms with Crippen LogP contribution in [0.2, 0.25) is 0 Å². The molecule has 0 amide bonds. The summed E-state index contributed by atoms with van der Waals surface area (Å²) in [6.45, 7) is 5.46. The van der Waals surface area contributed by atoms with Crippen molar-refractivity contribution in [1.82, 2.24) is 0 Å². The van der Waals surface area contributed by atoms with Gasteiger partial charge in [0.25, 0.3) is 0 Å². The second-order valence-electron chi connectivity index (χ2n) is 2.43. The number of rotatable bonds is 6. The van der Waals surface area contributed by atoms with E-state index in [2.05, 4.69) is 6.58 Å². The lowest BCUT2D eigenvalue weighted by Crippen LogP contribution is -2.07. The van der Waals surface area contributed by atoms with Gasteiger partial charge in [-0.3, -0.25) is 4.57 Å². The summed E-state index contributed by atoms with van der Waals surface area (Å²) in [5, 5.41) is 0. The minimum Gasteiger partial charge on any atom is -0.323 e. The standard InChI is InChI=1S/C7H14ClO3P/c1-3-5-7(4-2)11-12(9,10)6-8/h4,7H,2-3,5-6H2,1H3,(H,9,10). The van der Waals surface area contributed by atoms with Gasteiger partial charge in [0.15, 0.2) is 0 Å². The van der Waals surface area contributed by atoms with Crippen molar-refractivity contribution in [3.05, 3.63) is 12.7 Å². The van der Waals surface area contributed by atoms with Crippen LogP contribution in [0.25, 0.3) is 0 Å².